The van der Waals surface area contributed by atoms with E-state index < -0.39 is 16.7 Å². The van der Waals surface area contributed by atoms with E-state index in [0.717, 1.165) is 6.20 Å². The maximum Gasteiger partial charge on any atom is 0.374 e. The predicted octanol–water partition coefficient (Wildman–Crippen LogP) is 2.84. The van der Waals surface area contributed by atoms with Crippen LogP contribution in [0.5, 0.6) is 0 Å². The lowest BCUT2D eigenvalue weighted by molar-refractivity contribution is -0.392. The lowest BCUT2D eigenvalue weighted by Gasteiger charge is -2.04. The number of carbonyl (C=O) groups is 1. The van der Waals surface area contributed by atoms with Gasteiger partial charge in [-0.15, -0.1) is 0 Å². The molecule has 0 bridgehead atoms. The first-order valence-electron chi connectivity index (χ1n) is 6.98. The number of esters is 1. The second-order valence-electron chi connectivity index (χ2n) is 5.00. The fourth-order valence-corrected chi connectivity index (χ4v) is 2.29. The van der Waals surface area contributed by atoms with Crippen LogP contribution in [0, 0.1) is 22.9 Å². The Balaban J connectivity index is 1.67. The number of halogens is 1. The molecule has 0 N–H and O–H groups in total. The molecular formula is C15H12FN3O5. The van der Waals surface area contributed by atoms with Gasteiger partial charge >= 0.3 is 11.8 Å². The first kappa shape index (κ1) is 15.7. The fraction of sp³-hybridized carbons (Fsp3) is 0.200. The summed E-state index contributed by atoms with van der Waals surface area (Å²) in [6.07, 6.45) is 1.14. The highest BCUT2D eigenvalue weighted by molar-refractivity contribution is 5.92. The Labute approximate surface area is 134 Å². The topological polar surface area (TPSA) is 100 Å². The lowest BCUT2D eigenvalue weighted by atomic mass is 10.2. The molecule has 0 saturated heterocycles. The van der Waals surface area contributed by atoms with Crippen molar-refractivity contribution in [2.75, 3.05) is 6.61 Å². The molecule has 0 aliphatic heterocycles. The van der Waals surface area contributed by atoms with Crippen LogP contribution in [0.15, 0.2) is 34.9 Å². The highest BCUT2D eigenvalue weighted by atomic mass is 19.1. The number of benzene rings is 1. The van der Waals surface area contributed by atoms with Crippen LogP contribution in [0.2, 0.25) is 0 Å². The molecule has 1 aromatic carbocycles. The summed E-state index contributed by atoms with van der Waals surface area (Å²) in [5, 5.41) is 11.3. The third-order valence-corrected chi connectivity index (χ3v) is 3.45. The SMILES string of the molecule is Cc1ncc([N+](=O)[O-])n1CCOC(=O)c1cc2cc(F)ccc2o1. The summed E-state index contributed by atoms with van der Waals surface area (Å²) >= 11 is 0. The second-order valence-corrected chi connectivity index (χ2v) is 5.00. The van der Waals surface area contributed by atoms with Gasteiger partial charge in [0.2, 0.25) is 5.76 Å². The van der Waals surface area contributed by atoms with Crippen molar-refractivity contribution in [2.24, 2.45) is 0 Å². The number of hydrogen-bond donors (Lipinski definition) is 0. The van der Waals surface area contributed by atoms with E-state index in [4.69, 9.17) is 9.15 Å². The van der Waals surface area contributed by atoms with Gasteiger partial charge in [-0.2, -0.15) is 0 Å². The first-order valence-corrected chi connectivity index (χ1v) is 6.98. The average Bonchev–Trinajstić information content (AvgIpc) is 3.11. The molecule has 0 amide bonds. The molecule has 0 aliphatic carbocycles. The van der Waals surface area contributed by atoms with Gasteiger partial charge in [0.05, 0.1) is 0 Å². The zero-order valence-corrected chi connectivity index (χ0v) is 12.6. The molecule has 0 aliphatic rings. The number of aromatic nitrogens is 2. The molecular weight excluding hydrogens is 321 g/mol. The molecule has 0 spiro atoms. The van der Waals surface area contributed by atoms with Crippen molar-refractivity contribution < 1.29 is 23.3 Å². The number of aryl methyl sites for hydroxylation is 1. The number of nitrogens with zero attached hydrogens (tertiary/aromatic N) is 3. The summed E-state index contributed by atoms with van der Waals surface area (Å²) in [6, 6.07) is 5.26. The number of nitro groups is 1. The average molecular weight is 333 g/mol. The molecule has 0 fully saturated rings. The predicted molar refractivity (Wildman–Crippen MR) is 80.1 cm³/mol. The van der Waals surface area contributed by atoms with Crippen LogP contribution in [0.4, 0.5) is 10.2 Å². The highest BCUT2D eigenvalue weighted by Gasteiger charge is 2.19. The van der Waals surface area contributed by atoms with Crippen molar-refractivity contribution in [3.8, 4) is 0 Å². The van der Waals surface area contributed by atoms with Gasteiger partial charge in [0.1, 0.15) is 30.7 Å². The highest BCUT2D eigenvalue weighted by Crippen LogP contribution is 2.21. The third kappa shape index (κ3) is 2.96. The molecule has 8 nitrogen and oxygen atoms in total. The molecule has 0 radical (unpaired) electrons. The Morgan fingerprint density at radius 2 is 2.25 bits per heavy atom. The smallest absolute Gasteiger partial charge is 0.374 e. The largest absolute Gasteiger partial charge is 0.456 e. The number of imidazole rings is 1. The summed E-state index contributed by atoms with van der Waals surface area (Å²) in [4.78, 5) is 26.1. The number of carbonyl (C=O) groups excluding carboxylic acids is 1. The van der Waals surface area contributed by atoms with Crippen LogP contribution < -0.4 is 0 Å². The van der Waals surface area contributed by atoms with Gasteiger partial charge in [0.15, 0.2) is 5.82 Å². The van der Waals surface area contributed by atoms with E-state index in [1.165, 1.54) is 28.8 Å². The summed E-state index contributed by atoms with van der Waals surface area (Å²) in [7, 11) is 0. The minimum Gasteiger partial charge on any atom is -0.456 e. The maximum atomic E-state index is 13.1. The lowest BCUT2D eigenvalue weighted by Crippen LogP contribution is -2.13. The number of rotatable bonds is 5. The summed E-state index contributed by atoms with van der Waals surface area (Å²) < 4.78 is 24.8. The van der Waals surface area contributed by atoms with E-state index in [0.29, 0.717) is 16.8 Å². The molecule has 0 atom stereocenters. The van der Waals surface area contributed by atoms with Crippen LogP contribution in [-0.4, -0.2) is 27.1 Å². The third-order valence-electron chi connectivity index (χ3n) is 3.45. The van der Waals surface area contributed by atoms with Crippen molar-refractivity contribution in [1.29, 1.82) is 0 Å². The molecule has 0 saturated carbocycles. The van der Waals surface area contributed by atoms with Gasteiger partial charge in [0, 0.05) is 12.3 Å². The summed E-state index contributed by atoms with van der Waals surface area (Å²) in [6.45, 7) is 1.60. The molecule has 3 rings (SSSR count). The van der Waals surface area contributed by atoms with Gasteiger partial charge in [-0.05, 0) is 29.2 Å². The maximum absolute atomic E-state index is 13.1. The van der Waals surface area contributed by atoms with Gasteiger partial charge in [0.25, 0.3) is 0 Å². The van der Waals surface area contributed by atoms with Crippen molar-refractivity contribution >= 4 is 22.8 Å². The van der Waals surface area contributed by atoms with E-state index in [9.17, 15) is 19.3 Å². The monoisotopic (exact) mass is 333 g/mol. The Morgan fingerprint density at radius 3 is 3.00 bits per heavy atom. The molecule has 3 aromatic rings. The van der Waals surface area contributed by atoms with E-state index in [1.54, 1.807) is 6.92 Å². The van der Waals surface area contributed by atoms with Crippen LogP contribution >= 0.6 is 0 Å². The zero-order chi connectivity index (χ0) is 17.3. The molecule has 2 aromatic heterocycles. The van der Waals surface area contributed by atoms with Crippen LogP contribution in [-0.2, 0) is 11.3 Å². The number of fused-ring (bicyclic) bond motifs is 1. The number of hydrogen-bond acceptors (Lipinski definition) is 6. The van der Waals surface area contributed by atoms with Crippen LogP contribution in [0.1, 0.15) is 16.4 Å². The first-order chi connectivity index (χ1) is 11.5. The molecule has 24 heavy (non-hydrogen) atoms. The summed E-state index contributed by atoms with van der Waals surface area (Å²) in [5.74, 6) is -0.967. The van der Waals surface area contributed by atoms with E-state index in [-0.39, 0.29) is 24.7 Å². The van der Waals surface area contributed by atoms with E-state index in [2.05, 4.69) is 4.98 Å². The Morgan fingerprint density at radius 1 is 1.46 bits per heavy atom. The normalized spacial score (nSPS) is 10.9. The Hall–Kier alpha value is -3.23. The van der Waals surface area contributed by atoms with Crippen molar-refractivity contribution in [1.82, 2.24) is 9.55 Å². The molecule has 9 heteroatoms. The quantitative estimate of drug-likeness (QED) is 0.404. The molecule has 2 heterocycles. The van der Waals surface area contributed by atoms with Gasteiger partial charge < -0.3 is 19.3 Å². The van der Waals surface area contributed by atoms with E-state index in [1.807, 2.05) is 0 Å². The van der Waals surface area contributed by atoms with Crippen molar-refractivity contribution in [2.45, 2.75) is 13.5 Å². The zero-order valence-electron chi connectivity index (χ0n) is 12.6. The number of furan rings is 1. The van der Waals surface area contributed by atoms with Crippen LogP contribution in [0.3, 0.4) is 0 Å². The summed E-state index contributed by atoms with van der Waals surface area (Å²) in [5.41, 5.74) is 0.365. The molecule has 124 valence electrons. The van der Waals surface area contributed by atoms with Gasteiger partial charge in [-0.1, -0.05) is 0 Å². The van der Waals surface area contributed by atoms with Gasteiger partial charge in [-0.3, -0.25) is 0 Å². The minimum absolute atomic E-state index is 0.0625. The second kappa shape index (κ2) is 6.11. The van der Waals surface area contributed by atoms with E-state index >= 15 is 0 Å². The number of ether oxygens (including phenoxy) is 1. The Kier molecular flexibility index (Phi) is 3.98. The molecule has 0 unspecified atom stereocenters. The minimum atomic E-state index is -0.730. The van der Waals surface area contributed by atoms with Gasteiger partial charge in [-0.25, -0.2) is 18.7 Å². The standard InChI is InChI=1S/C15H12FN3O5/c1-9-17-8-14(19(21)22)18(9)4-5-23-15(20)13-7-10-6-11(16)2-3-12(10)24-13/h2-3,6-8H,4-5H2,1H3. The Bertz CT molecular complexity index is 930. The van der Waals surface area contributed by atoms with Crippen LogP contribution in [0.25, 0.3) is 11.0 Å². The van der Waals surface area contributed by atoms with Crippen molar-refractivity contribution in [3.05, 3.63) is 58.0 Å². The van der Waals surface area contributed by atoms with Crippen molar-refractivity contribution in [3.63, 3.8) is 0 Å². The fourth-order valence-electron chi connectivity index (χ4n) is 2.29.